The second kappa shape index (κ2) is 5.68. The first-order chi connectivity index (χ1) is 9.65. The molecule has 0 aromatic carbocycles. The summed E-state index contributed by atoms with van der Waals surface area (Å²) in [5.41, 5.74) is -0.557. The SMILES string of the molecule is COCC1CN(S(=O)(=O)c2cn(C)c(C)n2)CC(C)(C)O1. The van der Waals surface area contributed by atoms with Crippen molar-refractivity contribution >= 4 is 10.0 Å². The van der Waals surface area contributed by atoms with Gasteiger partial charge in [-0.3, -0.25) is 0 Å². The third kappa shape index (κ3) is 3.45. The summed E-state index contributed by atoms with van der Waals surface area (Å²) in [6.07, 6.45) is 1.26. The average Bonchev–Trinajstić information content (AvgIpc) is 2.69. The standard InChI is InChI=1S/C13H23N3O4S/c1-10-14-12(7-15(10)4)21(17,18)16-6-11(8-19-5)20-13(2,3)9-16/h7,11H,6,8-9H2,1-5H3. The summed E-state index contributed by atoms with van der Waals surface area (Å²) in [5.74, 6) is 0.662. The van der Waals surface area contributed by atoms with E-state index < -0.39 is 15.6 Å². The van der Waals surface area contributed by atoms with Gasteiger partial charge in [-0.25, -0.2) is 13.4 Å². The fourth-order valence-corrected chi connectivity index (χ4v) is 4.13. The Bertz CT molecular complexity index is 589. The van der Waals surface area contributed by atoms with E-state index in [0.29, 0.717) is 19.0 Å². The van der Waals surface area contributed by atoms with Crippen LogP contribution in [0.3, 0.4) is 0 Å². The van der Waals surface area contributed by atoms with Crippen LogP contribution >= 0.6 is 0 Å². The second-order valence-electron chi connectivity index (χ2n) is 5.99. The first-order valence-electron chi connectivity index (χ1n) is 6.82. The van der Waals surface area contributed by atoms with E-state index in [1.807, 2.05) is 13.8 Å². The monoisotopic (exact) mass is 317 g/mol. The van der Waals surface area contributed by atoms with Crippen LogP contribution in [0, 0.1) is 6.92 Å². The number of sulfonamides is 1. The van der Waals surface area contributed by atoms with Gasteiger partial charge in [0.1, 0.15) is 5.82 Å². The van der Waals surface area contributed by atoms with Gasteiger partial charge in [0, 0.05) is 33.4 Å². The van der Waals surface area contributed by atoms with Crippen LogP contribution in [0.2, 0.25) is 0 Å². The van der Waals surface area contributed by atoms with Gasteiger partial charge in [0.25, 0.3) is 10.0 Å². The van der Waals surface area contributed by atoms with Gasteiger partial charge in [-0.15, -0.1) is 0 Å². The van der Waals surface area contributed by atoms with Crippen molar-refractivity contribution in [3.63, 3.8) is 0 Å². The summed E-state index contributed by atoms with van der Waals surface area (Å²) in [7, 11) is -0.269. The Balaban J connectivity index is 2.30. The number of aromatic nitrogens is 2. The molecule has 1 aliphatic rings. The first kappa shape index (κ1) is 16.4. The summed E-state index contributed by atoms with van der Waals surface area (Å²) >= 11 is 0. The molecular formula is C13H23N3O4S. The van der Waals surface area contributed by atoms with Crippen LogP contribution < -0.4 is 0 Å². The molecule has 1 fully saturated rings. The lowest BCUT2D eigenvalue weighted by Gasteiger charge is -2.41. The highest BCUT2D eigenvalue weighted by atomic mass is 32.2. The number of methoxy groups -OCH3 is 1. The fourth-order valence-electron chi connectivity index (χ4n) is 2.48. The number of aryl methyl sites for hydroxylation is 2. The van der Waals surface area contributed by atoms with E-state index in [0.717, 1.165) is 0 Å². The number of morpholine rings is 1. The third-order valence-corrected chi connectivity index (χ3v) is 5.18. The Hall–Kier alpha value is -0.960. The van der Waals surface area contributed by atoms with Crippen LogP contribution in [-0.2, 0) is 26.5 Å². The zero-order valence-electron chi connectivity index (χ0n) is 13.2. The molecule has 1 aromatic rings. The van der Waals surface area contributed by atoms with E-state index in [4.69, 9.17) is 9.47 Å². The normalized spacial score (nSPS) is 23.4. The van der Waals surface area contributed by atoms with Crippen molar-refractivity contribution in [2.24, 2.45) is 7.05 Å². The quantitative estimate of drug-likeness (QED) is 0.810. The van der Waals surface area contributed by atoms with Gasteiger partial charge in [0.2, 0.25) is 0 Å². The topological polar surface area (TPSA) is 73.7 Å². The van der Waals surface area contributed by atoms with Crippen LogP contribution in [0.1, 0.15) is 19.7 Å². The van der Waals surface area contributed by atoms with E-state index >= 15 is 0 Å². The minimum absolute atomic E-state index is 0.0800. The smallest absolute Gasteiger partial charge is 0.262 e. The van der Waals surface area contributed by atoms with Crippen LogP contribution in [-0.4, -0.2) is 60.8 Å². The number of hydrogen-bond acceptors (Lipinski definition) is 5. The summed E-state index contributed by atoms with van der Waals surface area (Å²) in [6.45, 7) is 6.45. The van der Waals surface area contributed by atoms with Gasteiger partial charge in [0.05, 0.1) is 18.3 Å². The van der Waals surface area contributed by atoms with Gasteiger partial charge in [0.15, 0.2) is 5.03 Å². The number of rotatable bonds is 4. The molecule has 0 saturated carbocycles. The third-order valence-electron chi connectivity index (χ3n) is 3.49. The molecule has 1 saturated heterocycles. The molecule has 0 amide bonds. The van der Waals surface area contributed by atoms with E-state index in [1.165, 1.54) is 4.31 Å². The van der Waals surface area contributed by atoms with Gasteiger partial charge in [-0.05, 0) is 20.8 Å². The predicted octanol–water partition coefficient (Wildman–Crippen LogP) is 0.543. The highest BCUT2D eigenvalue weighted by Gasteiger charge is 2.40. The van der Waals surface area contributed by atoms with Crippen molar-refractivity contribution in [1.82, 2.24) is 13.9 Å². The van der Waals surface area contributed by atoms with E-state index in [2.05, 4.69) is 4.98 Å². The van der Waals surface area contributed by atoms with Crippen molar-refractivity contribution in [2.45, 2.75) is 37.5 Å². The Labute approximate surface area is 125 Å². The van der Waals surface area contributed by atoms with E-state index in [1.54, 1.807) is 31.8 Å². The van der Waals surface area contributed by atoms with Crippen molar-refractivity contribution in [3.8, 4) is 0 Å². The molecular weight excluding hydrogens is 294 g/mol. The summed E-state index contributed by atoms with van der Waals surface area (Å²) < 4.78 is 39.6. The maximum atomic E-state index is 12.7. The summed E-state index contributed by atoms with van der Waals surface area (Å²) in [5, 5.41) is 0.0800. The van der Waals surface area contributed by atoms with Gasteiger partial charge in [-0.2, -0.15) is 4.31 Å². The highest BCUT2D eigenvalue weighted by molar-refractivity contribution is 7.89. The zero-order chi connectivity index (χ0) is 15.8. The molecule has 1 unspecified atom stereocenters. The molecule has 0 aliphatic carbocycles. The lowest BCUT2D eigenvalue weighted by Crippen LogP contribution is -2.55. The molecule has 1 aliphatic heterocycles. The summed E-state index contributed by atoms with van der Waals surface area (Å²) in [4.78, 5) is 4.14. The molecule has 0 radical (unpaired) electrons. The molecule has 1 aromatic heterocycles. The maximum Gasteiger partial charge on any atom is 0.262 e. The van der Waals surface area contributed by atoms with Crippen molar-refractivity contribution < 1.29 is 17.9 Å². The molecule has 2 rings (SSSR count). The van der Waals surface area contributed by atoms with E-state index in [-0.39, 0.29) is 17.7 Å². The predicted molar refractivity (Wildman–Crippen MR) is 77.5 cm³/mol. The van der Waals surface area contributed by atoms with Crippen molar-refractivity contribution in [1.29, 1.82) is 0 Å². The minimum atomic E-state index is -3.62. The Morgan fingerprint density at radius 1 is 1.52 bits per heavy atom. The number of hydrogen-bond donors (Lipinski definition) is 0. The van der Waals surface area contributed by atoms with Gasteiger partial charge in [-0.1, -0.05) is 0 Å². The molecule has 2 heterocycles. The minimum Gasteiger partial charge on any atom is -0.382 e. The van der Waals surface area contributed by atoms with Gasteiger partial charge < -0.3 is 14.0 Å². The molecule has 0 N–H and O–H groups in total. The average molecular weight is 317 g/mol. The highest BCUT2D eigenvalue weighted by Crippen LogP contribution is 2.26. The number of nitrogens with zero attached hydrogens (tertiary/aromatic N) is 3. The van der Waals surface area contributed by atoms with Crippen LogP contribution in [0.5, 0.6) is 0 Å². The van der Waals surface area contributed by atoms with Crippen LogP contribution in [0.15, 0.2) is 11.2 Å². The van der Waals surface area contributed by atoms with Crippen LogP contribution in [0.4, 0.5) is 0 Å². The van der Waals surface area contributed by atoms with Gasteiger partial charge >= 0.3 is 0 Å². The Morgan fingerprint density at radius 3 is 2.71 bits per heavy atom. The molecule has 8 heteroatoms. The molecule has 7 nitrogen and oxygen atoms in total. The fraction of sp³-hybridized carbons (Fsp3) is 0.769. The maximum absolute atomic E-state index is 12.7. The Morgan fingerprint density at radius 2 is 2.19 bits per heavy atom. The lowest BCUT2D eigenvalue weighted by molar-refractivity contribution is -0.135. The number of imidazole rings is 1. The summed E-state index contributed by atoms with van der Waals surface area (Å²) in [6, 6.07) is 0. The Kier molecular flexibility index (Phi) is 4.44. The van der Waals surface area contributed by atoms with E-state index in [9.17, 15) is 8.42 Å². The zero-order valence-corrected chi connectivity index (χ0v) is 14.0. The first-order valence-corrected chi connectivity index (χ1v) is 8.26. The molecule has 1 atom stereocenters. The van der Waals surface area contributed by atoms with Crippen molar-refractivity contribution in [3.05, 3.63) is 12.0 Å². The molecule has 120 valence electrons. The largest absolute Gasteiger partial charge is 0.382 e. The van der Waals surface area contributed by atoms with Crippen LogP contribution in [0.25, 0.3) is 0 Å². The molecule has 0 spiro atoms. The molecule has 0 bridgehead atoms. The van der Waals surface area contributed by atoms with Crippen molar-refractivity contribution in [2.75, 3.05) is 26.8 Å². The number of ether oxygens (including phenoxy) is 2. The lowest BCUT2D eigenvalue weighted by atomic mass is 10.1. The second-order valence-corrected chi connectivity index (χ2v) is 7.87. The molecule has 21 heavy (non-hydrogen) atoms.